The van der Waals surface area contributed by atoms with Gasteiger partial charge in [-0.25, -0.2) is 8.42 Å². The molecular formula is C19H20N4O4S2. The van der Waals surface area contributed by atoms with Gasteiger partial charge in [-0.05, 0) is 43.7 Å². The fourth-order valence-electron chi connectivity index (χ4n) is 3.30. The lowest BCUT2D eigenvalue weighted by Gasteiger charge is -2.38. The zero-order valence-electron chi connectivity index (χ0n) is 16.2. The molecule has 0 bridgehead atoms. The summed E-state index contributed by atoms with van der Waals surface area (Å²) >= 11 is 1.19. The van der Waals surface area contributed by atoms with Gasteiger partial charge in [0.25, 0.3) is 5.91 Å². The molecule has 1 fully saturated rings. The maximum atomic E-state index is 12.9. The second-order valence-electron chi connectivity index (χ2n) is 6.99. The summed E-state index contributed by atoms with van der Waals surface area (Å²) in [5.74, 6) is 0.312. The number of aromatic nitrogens is 2. The second-order valence-corrected chi connectivity index (χ2v) is 10.2. The molecule has 1 aliphatic heterocycles. The lowest BCUT2D eigenvalue weighted by molar-refractivity contribution is 0.0665. The molecule has 0 unspecified atom stereocenters. The number of carbonyl (C=O) groups is 1. The molecule has 1 aliphatic rings. The summed E-state index contributed by atoms with van der Waals surface area (Å²) in [5.41, 5.74) is 8.27. The molecular weight excluding hydrogens is 412 g/mol. The molecule has 2 N–H and O–H groups in total. The summed E-state index contributed by atoms with van der Waals surface area (Å²) < 4.78 is 30.6. The van der Waals surface area contributed by atoms with E-state index in [-0.39, 0.29) is 23.9 Å². The van der Waals surface area contributed by atoms with Crippen molar-refractivity contribution in [2.45, 2.75) is 24.0 Å². The van der Waals surface area contributed by atoms with Crippen LogP contribution in [0.15, 0.2) is 29.2 Å². The van der Waals surface area contributed by atoms with Crippen molar-refractivity contribution < 1.29 is 17.9 Å². The first-order valence-corrected chi connectivity index (χ1v) is 11.3. The molecule has 3 aromatic rings. The third kappa shape index (κ3) is 3.12. The molecule has 152 valence electrons. The highest BCUT2D eigenvalue weighted by atomic mass is 32.2. The standard InChI is InChI=1S/C19H20N4O4S2/c1-10-11(2)21-22-18-15(10)16(20)17(28-18)19(24)23-8-14(9-23)29(25,26)13-6-4-12(27-3)5-7-13/h4-7,14H,8-9,20H2,1-3H3. The minimum absolute atomic E-state index is 0.130. The van der Waals surface area contributed by atoms with Crippen molar-refractivity contribution in [2.75, 3.05) is 25.9 Å². The molecule has 8 nitrogen and oxygen atoms in total. The highest BCUT2D eigenvalue weighted by Gasteiger charge is 2.41. The van der Waals surface area contributed by atoms with Gasteiger partial charge >= 0.3 is 0 Å². The third-order valence-electron chi connectivity index (χ3n) is 5.29. The molecule has 29 heavy (non-hydrogen) atoms. The summed E-state index contributed by atoms with van der Waals surface area (Å²) in [6, 6.07) is 6.26. The maximum absolute atomic E-state index is 12.9. The number of benzene rings is 1. The molecule has 1 amide bonds. The summed E-state index contributed by atoms with van der Waals surface area (Å²) in [6.45, 7) is 3.99. The first-order chi connectivity index (χ1) is 13.7. The van der Waals surface area contributed by atoms with Crippen molar-refractivity contribution in [3.63, 3.8) is 0 Å². The van der Waals surface area contributed by atoms with Crippen LogP contribution in [-0.2, 0) is 9.84 Å². The van der Waals surface area contributed by atoms with Gasteiger partial charge in [0, 0.05) is 18.5 Å². The monoisotopic (exact) mass is 432 g/mol. The Morgan fingerprint density at radius 3 is 2.48 bits per heavy atom. The van der Waals surface area contributed by atoms with E-state index in [4.69, 9.17) is 10.5 Å². The van der Waals surface area contributed by atoms with Crippen LogP contribution in [0.2, 0.25) is 0 Å². The Morgan fingerprint density at radius 2 is 1.86 bits per heavy atom. The van der Waals surface area contributed by atoms with Gasteiger partial charge in [0.15, 0.2) is 9.84 Å². The molecule has 0 atom stereocenters. The van der Waals surface area contributed by atoms with Gasteiger partial charge < -0.3 is 15.4 Å². The summed E-state index contributed by atoms with van der Waals surface area (Å²) in [7, 11) is -2.00. The number of nitrogens with zero attached hydrogens (tertiary/aromatic N) is 3. The number of nitrogens with two attached hydrogens (primary N) is 1. The SMILES string of the molecule is COc1ccc(S(=O)(=O)C2CN(C(=O)c3sc4nnc(C)c(C)c4c3N)C2)cc1. The van der Waals surface area contributed by atoms with Gasteiger partial charge in [-0.3, -0.25) is 4.79 Å². The number of methoxy groups -OCH3 is 1. The number of rotatable bonds is 4. The highest BCUT2D eigenvalue weighted by molar-refractivity contribution is 7.92. The van der Waals surface area contributed by atoms with Crippen LogP contribution in [0.4, 0.5) is 5.69 Å². The predicted octanol–water partition coefficient (Wildman–Crippen LogP) is 2.20. The molecule has 4 rings (SSSR count). The number of ether oxygens (including phenoxy) is 1. The highest BCUT2D eigenvalue weighted by Crippen LogP contribution is 2.37. The summed E-state index contributed by atoms with van der Waals surface area (Å²) in [5, 5.41) is 8.31. The Hall–Kier alpha value is -2.72. The molecule has 10 heteroatoms. The van der Waals surface area contributed by atoms with Crippen molar-refractivity contribution in [1.82, 2.24) is 15.1 Å². The Kier molecular flexibility index (Phi) is 4.70. The predicted molar refractivity (Wildman–Crippen MR) is 111 cm³/mol. The fraction of sp³-hybridized carbons (Fsp3) is 0.316. The Bertz CT molecular complexity index is 1210. The Labute approximate surface area is 172 Å². The van der Waals surface area contributed by atoms with Crippen LogP contribution in [0, 0.1) is 13.8 Å². The quantitative estimate of drug-likeness (QED) is 0.672. The van der Waals surface area contributed by atoms with Gasteiger partial charge in [0.2, 0.25) is 0 Å². The lowest BCUT2D eigenvalue weighted by Crippen LogP contribution is -2.56. The van der Waals surface area contributed by atoms with Crippen molar-refractivity contribution in [3.8, 4) is 5.75 Å². The number of anilines is 1. The Morgan fingerprint density at radius 1 is 1.21 bits per heavy atom. The first kappa shape index (κ1) is 19.6. The molecule has 2 aromatic heterocycles. The smallest absolute Gasteiger partial charge is 0.266 e. The van der Waals surface area contributed by atoms with E-state index in [2.05, 4.69) is 10.2 Å². The average Bonchev–Trinajstić information content (AvgIpc) is 3.00. The molecule has 0 spiro atoms. The number of sulfone groups is 1. The average molecular weight is 433 g/mol. The van der Waals surface area contributed by atoms with Crippen molar-refractivity contribution in [2.24, 2.45) is 0 Å². The van der Waals surface area contributed by atoms with Crippen LogP contribution in [0.3, 0.4) is 0 Å². The Balaban J connectivity index is 1.54. The fourth-order valence-corrected chi connectivity index (χ4v) is 6.02. The molecule has 1 saturated heterocycles. The van der Waals surface area contributed by atoms with E-state index >= 15 is 0 Å². The normalized spacial score (nSPS) is 14.8. The number of aryl methyl sites for hydroxylation is 2. The number of thiophene rings is 1. The number of hydrogen-bond acceptors (Lipinski definition) is 8. The van der Waals surface area contributed by atoms with E-state index in [0.717, 1.165) is 16.6 Å². The molecule has 0 saturated carbocycles. The van der Waals surface area contributed by atoms with E-state index < -0.39 is 15.1 Å². The van der Waals surface area contributed by atoms with E-state index in [1.807, 2.05) is 13.8 Å². The zero-order valence-corrected chi connectivity index (χ0v) is 17.8. The number of likely N-dealkylation sites (tertiary alicyclic amines) is 1. The molecule has 0 aliphatic carbocycles. The zero-order chi connectivity index (χ0) is 20.9. The van der Waals surface area contributed by atoms with Gasteiger partial charge in [-0.15, -0.1) is 16.4 Å². The topological polar surface area (TPSA) is 115 Å². The van der Waals surface area contributed by atoms with Gasteiger partial charge in [-0.2, -0.15) is 5.10 Å². The van der Waals surface area contributed by atoms with Crippen LogP contribution in [0.1, 0.15) is 20.9 Å². The first-order valence-electron chi connectivity index (χ1n) is 8.93. The minimum atomic E-state index is -3.52. The van der Waals surface area contributed by atoms with Gasteiger partial charge in [-0.1, -0.05) is 0 Å². The molecule has 3 heterocycles. The number of hydrogen-bond donors (Lipinski definition) is 1. The van der Waals surface area contributed by atoms with E-state index in [0.29, 0.717) is 21.1 Å². The lowest BCUT2D eigenvalue weighted by atomic mass is 10.1. The van der Waals surface area contributed by atoms with Gasteiger partial charge in [0.1, 0.15) is 20.7 Å². The van der Waals surface area contributed by atoms with Crippen molar-refractivity contribution in [1.29, 1.82) is 0 Å². The number of fused-ring (bicyclic) bond motifs is 1. The van der Waals surface area contributed by atoms with E-state index in [1.54, 1.807) is 12.1 Å². The van der Waals surface area contributed by atoms with Gasteiger partial charge in [0.05, 0.1) is 23.4 Å². The van der Waals surface area contributed by atoms with Crippen molar-refractivity contribution in [3.05, 3.63) is 40.4 Å². The largest absolute Gasteiger partial charge is 0.497 e. The number of carbonyl (C=O) groups excluding carboxylic acids is 1. The molecule has 0 radical (unpaired) electrons. The second kappa shape index (κ2) is 6.96. The van der Waals surface area contributed by atoms with E-state index in [9.17, 15) is 13.2 Å². The van der Waals surface area contributed by atoms with Crippen LogP contribution in [0.25, 0.3) is 10.2 Å². The number of nitrogen functional groups attached to an aromatic ring is 1. The van der Waals surface area contributed by atoms with Crippen LogP contribution < -0.4 is 10.5 Å². The maximum Gasteiger partial charge on any atom is 0.266 e. The van der Waals surface area contributed by atoms with E-state index in [1.165, 1.54) is 35.5 Å². The number of amides is 1. The summed E-state index contributed by atoms with van der Waals surface area (Å²) in [6.07, 6.45) is 0. The summed E-state index contributed by atoms with van der Waals surface area (Å²) in [4.78, 5) is 15.6. The van der Waals surface area contributed by atoms with Crippen LogP contribution in [-0.4, -0.2) is 54.9 Å². The molecule has 1 aromatic carbocycles. The minimum Gasteiger partial charge on any atom is -0.497 e. The third-order valence-corrected chi connectivity index (χ3v) is 8.47. The van der Waals surface area contributed by atoms with Crippen LogP contribution in [0.5, 0.6) is 5.75 Å². The van der Waals surface area contributed by atoms with Crippen molar-refractivity contribution >= 4 is 43.0 Å². The van der Waals surface area contributed by atoms with Crippen LogP contribution >= 0.6 is 11.3 Å².